The minimum Gasteiger partial charge on any atom is -0.390 e. The number of rotatable bonds is 5. The van der Waals surface area contributed by atoms with Gasteiger partial charge in [-0.1, -0.05) is 0 Å². The molecule has 1 N–H and O–H groups in total. The number of likely N-dealkylation sites (tertiary alicyclic amines) is 1. The van der Waals surface area contributed by atoms with Gasteiger partial charge in [-0.2, -0.15) is 9.97 Å². The van der Waals surface area contributed by atoms with Crippen molar-refractivity contribution >= 4 is 28.6 Å². The second-order valence-electron chi connectivity index (χ2n) is 9.28. The average molecular weight is 437 g/mol. The number of aliphatic hydroxyl groups is 1. The molecule has 2 aliphatic heterocycles. The Bertz CT molecular complexity index is 880. The van der Waals surface area contributed by atoms with Crippen molar-refractivity contribution < 1.29 is 9.84 Å². The molecule has 0 bridgehead atoms. The van der Waals surface area contributed by atoms with Crippen LogP contribution in [-0.2, 0) is 11.3 Å². The summed E-state index contributed by atoms with van der Waals surface area (Å²) in [5.41, 5.74) is 1.00. The number of imidazole rings is 1. The highest BCUT2D eigenvalue weighted by Gasteiger charge is 2.31. The smallest absolute Gasteiger partial charge is 0.226 e. The second-order valence-corrected chi connectivity index (χ2v) is 9.62. The summed E-state index contributed by atoms with van der Waals surface area (Å²) in [6.45, 7) is 13.7. The zero-order valence-corrected chi connectivity index (χ0v) is 19.2. The van der Waals surface area contributed by atoms with E-state index in [9.17, 15) is 5.11 Å². The van der Waals surface area contributed by atoms with E-state index in [4.69, 9.17) is 21.3 Å². The van der Waals surface area contributed by atoms with Gasteiger partial charge in [0.15, 0.2) is 17.0 Å². The van der Waals surface area contributed by atoms with Crippen LogP contribution >= 0.6 is 11.6 Å². The SMILES string of the molecule is CC(C)n1c(CN2CCC(C(C)(C)O)CC2)nc2c(N3CCOCC3)nc(Cl)nc21. The molecule has 0 aliphatic carbocycles. The van der Waals surface area contributed by atoms with E-state index in [0.29, 0.717) is 19.1 Å². The Balaban J connectivity index is 1.64. The number of halogens is 1. The van der Waals surface area contributed by atoms with Crippen molar-refractivity contribution in [1.29, 1.82) is 0 Å². The van der Waals surface area contributed by atoms with E-state index in [1.807, 2.05) is 13.8 Å². The van der Waals surface area contributed by atoms with E-state index < -0.39 is 5.60 Å². The van der Waals surface area contributed by atoms with E-state index in [-0.39, 0.29) is 11.3 Å². The maximum Gasteiger partial charge on any atom is 0.226 e. The lowest BCUT2D eigenvalue weighted by molar-refractivity contribution is -0.0140. The molecule has 2 aromatic heterocycles. The highest BCUT2D eigenvalue weighted by atomic mass is 35.5. The Morgan fingerprint density at radius 2 is 1.77 bits per heavy atom. The van der Waals surface area contributed by atoms with Crippen molar-refractivity contribution in [2.45, 2.75) is 58.7 Å². The van der Waals surface area contributed by atoms with Crippen molar-refractivity contribution in [2.24, 2.45) is 5.92 Å². The Kier molecular flexibility index (Phi) is 6.21. The van der Waals surface area contributed by atoms with Crippen molar-refractivity contribution in [2.75, 3.05) is 44.3 Å². The van der Waals surface area contributed by atoms with Crippen LogP contribution in [0.4, 0.5) is 5.82 Å². The average Bonchev–Trinajstić information content (AvgIpc) is 3.05. The van der Waals surface area contributed by atoms with Gasteiger partial charge in [0, 0.05) is 19.1 Å². The van der Waals surface area contributed by atoms with E-state index in [2.05, 4.69) is 38.2 Å². The van der Waals surface area contributed by atoms with Crippen molar-refractivity contribution in [1.82, 2.24) is 24.4 Å². The molecular weight excluding hydrogens is 404 g/mol. The quantitative estimate of drug-likeness (QED) is 0.722. The molecule has 2 saturated heterocycles. The largest absolute Gasteiger partial charge is 0.390 e. The van der Waals surface area contributed by atoms with E-state index >= 15 is 0 Å². The summed E-state index contributed by atoms with van der Waals surface area (Å²) in [6.07, 6.45) is 1.99. The third kappa shape index (κ3) is 4.42. The molecule has 30 heavy (non-hydrogen) atoms. The summed E-state index contributed by atoms with van der Waals surface area (Å²) in [4.78, 5) is 18.7. The summed E-state index contributed by atoms with van der Waals surface area (Å²) in [5, 5.41) is 10.6. The zero-order chi connectivity index (χ0) is 21.5. The first kappa shape index (κ1) is 21.7. The van der Waals surface area contributed by atoms with Crippen LogP contribution in [0.3, 0.4) is 0 Å². The number of morpholine rings is 1. The van der Waals surface area contributed by atoms with Crippen LogP contribution in [0.2, 0.25) is 5.28 Å². The number of anilines is 1. The van der Waals surface area contributed by atoms with Gasteiger partial charge in [-0.15, -0.1) is 0 Å². The first-order valence-corrected chi connectivity index (χ1v) is 11.3. The summed E-state index contributed by atoms with van der Waals surface area (Å²) in [6, 6.07) is 0.211. The molecule has 2 fully saturated rings. The minimum atomic E-state index is -0.615. The van der Waals surface area contributed by atoms with E-state index in [1.165, 1.54) is 0 Å². The number of fused-ring (bicyclic) bond motifs is 1. The van der Waals surface area contributed by atoms with Gasteiger partial charge in [0.1, 0.15) is 5.82 Å². The number of ether oxygens (including phenoxy) is 1. The van der Waals surface area contributed by atoms with Crippen LogP contribution in [0.15, 0.2) is 0 Å². The molecular formula is C21H33ClN6O2. The molecule has 2 aromatic rings. The van der Waals surface area contributed by atoms with Crippen LogP contribution in [0, 0.1) is 5.92 Å². The number of hydrogen-bond acceptors (Lipinski definition) is 7. The normalized spacial score (nSPS) is 19.9. The van der Waals surface area contributed by atoms with Gasteiger partial charge in [-0.25, -0.2) is 4.98 Å². The van der Waals surface area contributed by atoms with Crippen LogP contribution in [0.5, 0.6) is 0 Å². The fraction of sp³-hybridized carbons (Fsp3) is 0.762. The first-order chi connectivity index (χ1) is 14.2. The Labute approximate surface area is 183 Å². The van der Waals surface area contributed by atoms with Gasteiger partial charge >= 0.3 is 0 Å². The molecule has 2 aliphatic rings. The number of aromatic nitrogens is 4. The Hall–Kier alpha value is -1.48. The molecule has 9 heteroatoms. The van der Waals surface area contributed by atoms with E-state index in [0.717, 1.165) is 68.4 Å². The van der Waals surface area contributed by atoms with Crippen LogP contribution in [0.1, 0.15) is 52.4 Å². The summed E-state index contributed by atoms with van der Waals surface area (Å²) in [5.74, 6) is 2.14. The highest BCUT2D eigenvalue weighted by Crippen LogP contribution is 2.31. The molecule has 8 nitrogen and oxygen atoms in total. The van der Waals surface area contributed by atoms with Gasteiger partial charge in [0.25, 0.3) is 0 Å². The molecule has 4 heterocycles. The monoisotopic (exact) mass is 436 g/mol. The van der Waals surface area contributed by atoms with Gasteiger partial charge < -0.3 is 19.3 Å². The lowest BCUT2D eigenvalue weighted by Crippen LogP contribution is -2.41. The predicted molar refractivity (Wildman–Crippen MR) is 118 cm³/mol. The highest BCUT2D eigenvalue weighted by molar-refractivity contribution is 6.28. The molecule has 0 unspecified atom stereocenters. The van der Waals surface area contributed by atoms with Crippen LogP contribution in [-0.4, -0.2) is 74.5 Å². The molecule has 0 atom stereocenters. The lowest BCUT2D eigenvalue weighted by atomic mass is 9.83. The van der Waals surface area contributed by atoms with Gasteiger partial charge in [0.05, 0.1) is 25.4 Å². The lowest BCUT2D eigenvalue weighted by Gasteiger charge is -2.37. The fourth-order valence-corrected chi connectivity index (χ4v) is 4.79. The van der Waals surface area contributed by atoms with Crippen LogP contribution < -0.4 is 4.90 Å². The van der Waals surface area contributed by atoms with Crippen molar-refractivity contribution in [3.8, 4) is 0 Å². The summed E-state index contributed by atoms with van der Waals surface area (Å²) >= 11 is 6.32. The number of hydrogen-bond donors (Lipinski definition) is 1. The molecule has 0 spiro atoms. The third-order valence-corrected chi connectivity index (χ3v) is 6.51. The Morgan fingerprint density at radius 1 is 1.10 bits per heavy atom. The second kappa shape index (κ2) is 8.57. The number of nitrogens with zero attached hydrogens (tertiary/aromatic N) is 6. The van der Waals surface area contributed by atoms with Crippen molar-refractivity contribution in [3.63, 3.8) is 0 Å². The molecule has 0 amide bonds. The molecule has 166 valence electrons. The molecule has 0 radical (unpaired) electrons. The van der Waals surface area contributed by atoms with Crippen LogP contribution in [0.25, 0.3) is 11.2 Å². The summed E-state index contributed by atoms with van der Waals surface area (Å²) < 4.78 is 7.68. The van der Waals surface area contributed by atoms with Gasteiger partial charge in [-0.05, 0) is 71.1 Å². The van der Waals surface area contributed by atoms with Gasteiger partial charge in [0.2, 0.25) is 5.28 Å². The van der Waals surface area contributed by atoms with Gasteiger partial charge in [-0.3, -0.25) is 4.90 Å². The third-order valence-electron chi connectivity index (χ3n) is 6.35. The maximum atomic E-state index is 10.3. The zero-order valence-electron chi connectivity index (χ0n) is 18.4. The maximum absolute atomic E-state index is 10.3. The molecule has 4 rings (SSSR count). The fourth-order valence-electron chi connectivity index (χ4n) is 4.63. The topological polar surface area (TPSA) is 79.5 Å². The number of piperidine rings is 1. The molecule has 0 aromatic carbocycles. The standard InChI is InChI=1S/C21H33ClN6O2/c1-14(2)28-16(13-26-7-5-15(6-8-26)21(3,4)29)23-17-18(24-20(22)25-19(17)28)27-9-11-30-12-10-27/h14-15,29H,5-13H2,1-4H3. The first-order valence-electron chi connectivity index (χ1n) is 11.0. The minimum absolute atomic E-state index is 0.211. The van der Waals surface area contributed by atoms with E-state index in [1.54, 1.807) is 0 Å². The Morgan fingerprint density at radius 3 is 2.37 bits per heavy atom. The predicted octanol–water partition coefficient (Wildman–Crippen LogP) is 2.88. The van der Waals surface area contributed by atoms with Crippen molar-refractivity contribution in [3.05, 3.63) is 11.1 Å². The summed E-state index contributed by atoms with van der Waals surface area (Å²) in [7, 11) is 0. The molecule has 0 saturated carbocycles.